The van der Waals surface area contributed by atoms with Gasteiger partial charge in [0.15, 0.2) is 0 Å². The van der Waals surface area contributed by atoms with E-state index in [0.29, 0.717) is 17.2 Å². The first-order valence-corrected chi connectivity index (χ1v) is 6.49. The fourth-order valence-electron chi connectivity index (χ4n) is 1.67. The van der Waals surface area contributed by atoms with Gasteiger partial charge in [-0.3, -0.25) is 9.78 Å². The Kier molecular flexibility index (Phi) is 3.65. The summed E-state index contributed by atoms with van der Waals surface area (Å²) in [6.45, 7) is 0. The van der Waals surface area contributed by atoms with Gasteiger partial charge >= 0.3 is 0 Å². The molecule has 1 aliphatic heterocycles. The predicted molar refractivity (Wildman–Crippen MR) is 63.4 cm³/mol. The van der Waals surface area contributed by atoms with Gasteiger partial charge in [-0.05, 0) is 23.8 Å². The molecule has 0 radical (unpaired) electrons. The van der Waals surface area contributed by atoms with Crippen LogP contribution in [0, 0.1) is 5.92 Å². The highest BCUT2D eigenvalue weighted by Crippen LogP contribution is 2.26. The molecule has 2 heterocycles. The minimum Gasteiger partial charge on any atom is -0.299 e. The molecule has 1 aromatic heterocycles. The maximum atomic E-state index is 11.9. The van der Waals surface area contributed by atoms with Crippen molar-refractivity contribution in [3.8, 4) is 0 Å². The molecule has 1 atom stereocenters. The third kappa shape index (κ3) is 2.73. The highest BCUT2D eigenvalue weighted by Gasteiger charge is 2.23. The monoisotopic (exact) mass is 241 g/mol. The molecule has 0 aliphatic carbocycles. The smallest absolute Gasteiger partial charge is 0.141 e. The molecule has 0 amide bonds. The Morgan fingerprint density at radius 3 is 3.20 bits per heavy atom. The molecule has 0 saturated carbocycles. The maximum absolute atomic E-state index is 11.9. The largest absolute Gasteiger partial charge is 0.299 e. The summed E-state index contributed by atoms with van der Waals surface area (Å²) in [6.07, 6.45) is 4.74. The van der Waals surface area contributed by atoms with Crippen LogP contribution in [0.1, 0.15) is 12.0 Å². The lowest BCUT2D eigenvalue weighted by molar-refractivity contribution is -0.121. The van der Waals surface area contributed by atoms with E-state index in [4.69, 9.17) is 11.6 Å². The summed E-state index contributed by atoms with van der Waals surface area (Å²) >= 11 is 7.81. The molecule has 0 spiro atoms. The highest BCUT2D eigenvalue weighted by atomic mass is 35.5. The van der Waals surface area contributed by atoms with Gasteiger partial charge in [-0.1, -0.05) is 11.6 Å². The van der Waals surface area contributed by atoms with Crippen LogP contribution in [0.2, 0.25) is 5.02 Å². The molecule has 1 saturated heterocycles. The number of Topliss-reactive ketones (excluding diaryl/α,β-unsaturated/α-hetero) is 1. The molecule has 0 N–H and O–H groups in total. The number of thioether (sulfide) groups is 1. The molecule has 0 aromatic carbocycles. The van der Waals surface area contributed by atoms with E-state index in [1.807, 2.05) is 17.8 Å². The zero-order chi connectivity index (χ0) is 10.7. The first-order chi connectivity index (χ1) is 7.27. The lowest BCUT2D eigenvalue weighted by Gasteiger charge is -2.07. The molecule has 1 aliphatic rings. The Morgan fingerprint density at radius 2 is 2.53 bits per heavy atom. The van der Waals surface area contributed by atoms with Crippen molar-refractivity contribution >= 4 is 29.1 Å². The van der Waals surface area contributed by atoms with E-state index in [9.17, 15) is 4.79 Å². The van der Waals surface area contributed by atoms with Gasteiger partial charge in [-0.25, -0.2) is 0 Å². The summed E-state index contributed by atoms with van der Waals surface area (Å²) in [4.78, 5) is 15.8. The van der Waals surface area contributed by atoms with Crippen molar-refractivity contribution in [3.63, 3.8) is 0 Å². The van der Waals surface area contributed by atoms with Crippen molar-refractivity contribution < 1.29 is 4.79 Å². The topological polar surface area (TPSA) is 30.0 Å². The molecule has 1 unspecified atom stereocenters. The van der Waals surface area contributed by atoms with Gasteiger partial charge in [-0.2, -0.15) is 11.8 Å². The minimum atomic E-state index is 0.235. The van der Waals surface area contributed by atoms with Crippen LogP contribution in [0.3, 0.4) is 0 Å². The number of hydrogen-bond donors (Lipinski definition) is 0. The first-order valence-electron chi connectivity index (χ1n) is 4.96. The Morgan fingerprint density at radius 1 is 1.67 bits per heavy atom. The second-order valence-corrected chi connectivity index (χ2v) is 5.23. The number of carbonyl (C=O) groups excluding carboxylic acids is 1. The summed E-state index contributed by atoms with van der Waals surface area (Å²) in [7, 11) is 0. The van der Waals surface area contributed by atoms with Crippen LogP contribution in [-0.2, 0) is 11.2 Å². The average molecular weight is 242 g/mol. The number of pyridine rings is 1. The van der Waals surface area contributed by atoms with Gasteiger partial charge in [0.05, 0.1) is 5.02 Å². The van der Waals surface area contributed by atoms with E-state index in [0.717, 1.165) is 23.5 Å². The van der Waals surface area contributed by atoms with Crippen molar-refractivity contribution in [3.05, 3.63) is 29.0 Å². The standard InChI is InChI=1S/C11H12ClNOS/c12-10-6-13-3-1-8(10)5-11(14)9-2-4-15-7-9/h1,3,6,9H,2,4-5,7H2. The van der Waals surface area contributed by atoms with Crippen LogP contribution >= 0.6 is 23.4 Å². The third-order valence-corrected chi connectivity index (χ3v) is 4.11. The van der Waals surface area contributed by atoms with E-state index in [2.05, 4.69) is 4.98 Å². The van der Waals surface area contributed by atoms with Crippen LogP contribution in [-0.4, -0.2) is 22.3 Å². The summed E-state index contributed by atoms with van der Waals surface area (Å²) < 4.78 is 0. The molecule has 1 fully saturated rings. The van der Waals surface area contributed by atoms with Crippen molar-refractivity contribution in [2.24, 2.45) is 5.92 Å². The van der Waals surface area contributed by atoms with Crippen molar-refractivity contribution in [1.29, 1.82) is 0 Å². The molecule has 2 rings (SSSR count). The van der Waals surface area contributed by atoms with E-state index in [1.54, 1.807) is 12.4 Å². The lowest BCUT2D eigenvalue weighted by Crippen LogP contribution is -2.16. The second kappa shape index (κ2) is 4.99. The van der Waals surface area contributed by atoms with Crippen molar-refractivity contribution in [2.45, 2.75) is 12.8 Å². The van der Waals surface area contributed by atoms with E-state index in [-0.39, 0.29) is 5.92 Å². The quantitative estimate of drug-likeness (QED) is 0.815. The van der Waals surface area contributed by atoms with Crippen LogP contribution < -0.4 is 0 Å². The van der Waals surface area contributed by atoms with Crippen LogP contribution in [0.25, 0.3) is 0 Å². The zero-order valence-corrected chi connectivity index (χ0v) is 9.85. The summed E-state index contributed by atoms with van der Waals surface area (Å²) in [6, 6.07) is 1.82. The Labute approximate surface area is 98.4 Å². The van der Waals surface area contributed by atoms with Crippen LogP contribution in [0.5, 0.6) is 0 Å². The first kappa shape index (κ1) is 11.0. The number of nitrogens with zero attached hydrogens (tertiary/aromatic N) is 1. The molecule has 15 heavy (non-hydrogen) atoms. The van der Waals surface area contributed by atoms with Crippen LogP contribution in [0.15, 0.2) is 18.5 Å². The zero-order valence-electron chi connectivity index (χ0n) is 8.28. The molecular weight excluding hydrogens is 230 g/mol. The summed E-state index contributed by atoms with van der Waals surface area (Å²) in [5, 5.41) is 0.594. The molecule has 80 valence electrons. The van der Waals surface area contributed by atoms with Gasteiger partial charge in [0, 0.05) is 30.5 Å². The average Bonchev–Trinajstić information content (AvgIpc) is 2.74. The normalized spacial score (nSPS) is 20.5. The number of aromatic nitrogens is 1. The predicted octanol–water partition coefficient (Wildman–Crippen LogP) is 2.60. The van der Waals surface area contributed by atoms with Crippen LogP contribution in [0.4, 0.5) is 0 Å². The Balaban J connectivity index is 2.02. The van der Waals surface area contributed by atoms with E-state index < -0.39 is 0 Å². The van der Waals surface area contributed by atoms with Gasteiger partial charge in [0.25, 0.3) is 0 Å². The van der Waals surface area contributed by atoms with Gasteiger partial charge in [0.1, 0.15) is 5.78 Å². The summed E-state index contributed by atoms with van der Waals surface area (Å²) in [5.41, 5.74) is 0.897. The van der Waals surface area contributed by atoms with Crippen molar-refractivity contribution in [1.82, 2.24) is 4.98 Å². The Bertz CT molecular complexity index is 363. The highest BCUT2D eigenvalue weighted by molar-refractivity contribution is 7.99. The van der Waals surface area contributed by atoms with Crippen molar-refractivity contribution in [2.75, 3.05) is 11.5 Å². The molecular formula is C11H12ClNOS. The second-order valence-electron chi connectivity index (χ2n) is 3.67. The number of hydrogen-bond acceptors (Lipinski definition) is 3. The number of rotatable bonds is 3. The molecule has 2 nitrogen and oxygen atoms in total. The minimum absolute atomic E-state index is 0.235. The Hall–Kier alpha value is -0.540. The summed E-state index contributed by atoms with van der Waals surface area (Å²) in [5.74, 6) is 2.63. The SMILES string of the molecule is O=C(Cc1ccncc1Cl)C1CCSC1. The molecule has 0 bridgehead atoms. The van der Waals surface area contributed by atoms with Gasteiger partial charge < -0.3 is 0 Å². The fraction of sp³-hybridized carbons (Fsp3) is 0.455. The number of halogens is 1. The third-order valence-electron chi connectivity index (χ3n) is 2.61. The maximum Gasteiger partial charge on any atom is 0.141 e. The molecule has 1 aromatic rings. The fourth-order valence-corrected chi connectivity index (χ4v) is 3.11. The van der Waals surface area contributed by atoms with E-state index in [1.165, 1.54) is 0 Å². The lowest BCUT2D eigenvalue weighted by atomic mass is 9.98. The van der Waals surface area contributed by atoms with E-state index >= 15 is 0 Å². The molecule has 4 heteroatoms. The van der Waals surface area contributed by atoms with Gasteiger partial charge in [0.2, 0.25) is 0 Å². The number of carbonyl (C=O) groups is 1. The van der Waals surface area contributed by atoms with Gasteiger partial charge in [-0.15, -0.1) is 0 Å². The number of ketones is 1.